The molecule has 1 rings (SSSR count). The second-order valence-corrected chi connectivity index (χ2v) is 4.55. The summed E-state index contributed by atoms with van der Waals surface area (Å²) >= 11 is 0. The molecule has 0 aliphatic rings. The minimum atomic E-state index is -3.21. The first-order valence-corrected chi connectivity index (χ1v) is 5.11. The van der Waals surface area contributed by atoms with Gasteiger partial charge in [0.25, 0.3) is 0 Å². The summed E-state index contributed by atoms with van der Waals surface area (Å²) in [6, 6.07) is 5.67. The number of hydrogen-bond donors (Lipinski definition) is 0. The number of halogens is 1. The van der Waals surface area contributed by atoms with E-state index in [1.54, 1.807) is 6.92 Å². The van der Waals surface area contributed by atoms with E-state index in [2.05, 4.69) is 6.07 Å². The minimum Gasteiger partial charge on any atom is -0.224 e. The third-order valence-corrected chi connectivity index (χ3v) is 3.22. The Hall–Kier alpha value is -0.900. The molecule has 1 aromatic carbocycles. The van der Waals surface area contributed by atoms with Crippen LogP contribution in [0.2, 0.25) is 0 Å². The van der Waals surface area contributed by atoms with Crippen LogP contribution in [0.4, 0.5) is 4.39 Å². The van der Waals surface area contributed by atoms with Crippen LogP contribution in [-0.2, 0) is 9.84 Å². The summed E-state index contributed by atoms with van der Waals surface area (Å²) in [6.45, 7) is 1.54. The van der Waals surface area contributed by atoms with E-state index >= 15 is 0 Å². The molecule has 0 spiro atoms. The van der Waals surface area contributed by atoms with Crippen molar-refractivity contribution in [3.8, 4) is 0 Å². The van der Waals surface area contributed by atoms with Gasteiger partial charge in [-0.1, -0.05) is 6.92 Å². The molecule has 12 heavy (non-hydrogen) atoms. The van der Waals surface area contributed by atoms with Crippen LogP contribution in [0.5, 0.6) is 0 Å². The fourth-order valence-electron chi connectivity index (χ4n) is 0.752. The number of rotatable bonds is 2. The smallest absolute Gasteiger partial charge is 0.178 e. The molecule has 0 N–H and O–H groups in total. The van der Waals surface area contributed by atoms with E-state index < -0.39 is 15.7 Å². The zero-order valence-electron chi connectivity index (χ0n) is 6.54. The van der Waals surface area contributed by atoms with Crippen LogP contribution >= 0.6 is 0 Å². The molecule has 2 nitrogen and oxygen atoms in total. The van der Waals surface area contributed by atoms with Gasteiger partial charge in [-0.2, -0.15) is 0 Å². The van der Waals surface area contributed by atoms with Crippen LogP contribution in [0.15, 0.2) is 23.1 Å². The zero-order chi connectivity index (χ0) is 9.19. The normalized spacial score (nSPS) is 11.5. The maximum Gasteiger partial charge on any atom is 0.178 e. The summed E-state index contributed by atoms with van der Waals surface area (Å²) in [4.78, 5) is 0.117. The Kier molecular flexibility index (Phi) is 2.47. The minimum absolute atomic E-state index is 0.0203. The van der Waals surface area contributed by atoms with Gasteiger partial charge >= 0.3 is 0 Å². The van der Waals surface area contributed by atoms with Crippen LogP contribution in [0, 0.1) is 11.9 Å². The van der Waals surface area contributed by atoms with Crippen molar-refractivity contribution in [1.82, 2.24) is 0 Å². The zero-order valence-corrected chi connectivity index (χ0v) is 7.36. The Morgan fingerprint density at radius 3 is 2.58 bits per heavy atom. The van der Waals surface area contributed by atoms with Gasteiger partial charge in [-0.3, -0.25) is 0 Å². The van der Waals surface area contributed by atoms with Crippen molar-refractivity contribution in [2.24, 2.45) is 0 Å². The predicted molar refractivity (Wildman–Crippen MR) is 43.0 cm³/mol. The Balaban J connectivity index is 3.14. The van der Waals surface area contributed by atoms with E-state index in [-0.39, 0.29) is 10.6 Å². The van der Waals surface area contributed by atoms with Crippen molar-refractivity contribution in [2.45, 2.75) is 11.8 Å². The van der Waals surface area contributed by atoms with E-state index in [9.17, 15) is 12.8 Å². The maximum absolute atomic E-state index is 12.3. The molecule has 0 atom stereocenters. The molecule has 0 unspecified atom stereocenters. The molecule has 0 aliphatic carbocycles. The molecule has 4 heteroatoms. The number of benzene rings is 1. The first-order valence-electron chi connectivity index (χ1n) is 3.46. The fraction of sp³-hybridized carbons (Fsp3) is 0.250. The molecule has 0 aromatic heterocycles. The Morgan fingerprint density at radius 1 is 1.50 bits per heavy atom. The Labute approximate surface area is 71.0 Å². The lowest BCUT2D eigenvalue weighted by molar-refractivity contribution is 0.595. The lowest BCUT2D eigenvalue weighted by Crippen LogP contribution is -2.03. The molecular weight excluding hydrogens is 179 g/mol. The van der Waals surface area contributed by atoms with Gasteiger partial charge < -0.3 is 0 Å². The largest absolute Gasteiger partial charge is 0.224 e. The SMILES string of the molecule is CCS(=O)(=O)c1c[c]c(F)cc1. The highest BCUT2D eigenvalue weighted by molar-refractivity contribution is 7.91. The van der Waals surface area contributed by atoms with Crippen molar-refractivity contribution < 1.29 is 12.8 Å². The van der Waals surface area contributed by atoms with E-state index in [0.717, 1.165) is 12.1 Å². The average molecular weight is 187 g/mol. The number of hydrogen-bond acceptors (Lipinski definition) is 2. The summed E-state index contributed by atoms with van der Waals surface area (Å²) < 4.78 is 34.7. The average Bonchev–Trinajstić information content (AvgIpc) is 2.05. The van der Waals surface area contributed by atoms with Gasteiger partial charge in [0.05, 0.1) is 10.6 Å². The van der Waals surface area contributed by atoms with Crippen LogP contribution in [0.25, 0.3) is 0 Å². The van der Waals surface area contributed by atoms with Gasteiger partial charge in [0.1, 0.15) is 5.82 Å². The molecule has 1 aromatic rings. The Morgan fingerprint density at radius 2 is 2.17 bits per heavy atom. The summed E-state index contributed by atoms with van der Waals surface area (Å²) in [5.41, 5.74) is 0. The lowest BCUT2D eigenvalue weighted by Gasteiger charge is -1.98. The second-order valence-electron chi connectivity index (χ2n) is 2.28. The van der Waals surface area contributed by atoms with Crippen molar-refractivity contribution in [1.29, 1.82) is 0 Å². The fourth-order valence-corrected chi connectivity index (χ4v) is 1.60. The summed E-state index contributed by atoms with van der Waals surface area (Å²) in [6.07, 6.45) is 0. The van der Waals surface area contributed by atoms with Crippen LogP contribution in [0.1, 0.15) is 6.92 Å². The summed E-state index contributed by atoms with van der Waals surface area (Å²) in [5.74, 6) is -0.531. The molecule has 0 aliphatic heterocycles. The summed E-state index contributed by atoms with van der Waals surface area (Å²) in [5, 5.41) is 0. The molecule has 1 radical (unpaired) electrons. The van der Waals surface area contributed by atoms with Crippen LogP contribution < -0.4 is 0 Å². The first-order chi connectivity index (χ1) is 5.56. The van der Waals surface area contributed by atoms with Gasteiger partial charge in [0, 0.05) is 6.07 Å². The maximum atomic E-state index is 12.3. The standard InChI is InChI=1S/C8H8FO2S/c1-2-12(10,11)8-5-3-7(9)4-6-8/h3,5-6H,2H2,1H3. The lowest BCUT2D eigenvalue weighted by atomic mass is 10.4. The summed E-state index contributed by atoms with van der Waals surface area (Å²) in [7, 11) is -3.21. The van der Waals surface area contributed by atoms with E-state index in [4.69, 9.17) is 0 Å². The molecule has 0 heterocycles. The topological polar surface area (TPSA) is 34.1 Å². The van der Waals surface area contributed by atoms with Gasteiger partial charge in [0.15, 0.2) is 9.84 Å². The second kappa shape index (κ2) is 3.23. The van der Waals surface area contributed by atoms with E-state index in [1.165, 1.54) is 6.07 Å². The highest BCUT2D eigenvalue weighted by Gasteiger charge is 2.10. The first kappa shape index (κ1) is 9.19. The molecular formula is C8H8FO2S. The molecule has 65 valence electrons. The number of sulfone groups is 1. The van der Waals surface area contributed by atoms with Gasteiger partial charge in [-0.15, -0.1) is 0 Å². The Bertz CT molecular complexity index is 353. The highest BCUT2D eigenvalue weighted by Crippen LogP contribution is 2.10. The predicted octanol–water partition coefficient (Wildman–Crippen LogP) is 1.42. The molecule has 0 fully saturated rings. The third kappa shape index (κ3) is 1.82. The monoisotopic (exact) mass is 187 g/mol. The van der Waals surface area contributed by atoms with Crippen molar-refractivity contribution in [2.75, 3.05) is 5.75 Å². The van der Waals surface area contributed by atoms with Gasteiger partial charge in [0.2, 0.25) is 0 Å². The molecule has 0 bridgehead atoms. The van der Waals surface area contributed by atoms with Gasteiger partial charge in [-0.25, -0.2) is 12.8 Å². The van der Waals surface area contributed by atoms with Crippen LogP contribution in [0.3, 0.4) is 0 Å². The molecule has 0 saturated heterocycles. The third-order valence-electron chi connectivity index (χ3n) is 1.49. The van der Waals surface area contributed by atoms with E-state index in [0.29, 0.717) is 0 Å². The van der Waals surface area contributed by atoms with E-state index in [1.807, 2.05) is 0 Å². The van der Waals surface area contributed by atoms with Gasteiger partial charge in [-0.05, 0) is 18.2 Å². The molecule has 0 amide bonds. The molecule has 0 saturated carbocycles. The van der Waals surface area contributed by atoms with Crippen LogP contribution in [-0.4, -0.2) is 14.2 Å². The van der Waals surface area contributed by atoms with Crippen molar-refractivity contribution in [3.05, 3.63) is 30.1 Å². The quantitative estimate of drug-likeness (QED) is 0.656. The van der Waals surface area contributed by atoms with Crippen molar-refractivity contribution >= 4 is 9.84 Å². The highest BCUT2D eigenvalue weighted by atomic mass is 32.2. The van der Waals surface area contributed by atoms with Crippen molar-refractivity contribution in [3.63, 3.8) is 0 Å².